The minimum absolute atomic E-state index is 0.0553. The first kappa shape index (κ1) is 31.8. The van der Waals surface area contributed by atoms with Gasteiger partial charge in [-0.3, -0.25) is 9.59 Å². The highest BCUT2D eigenvalue weighted by Gasteiger charge is 2.16. The number of aromatic nitrogens is 2. The number of hydrogen-bond acceptors (Lipinski definition) is 2. The Hall–Kier alpha value is -2.74. The summed E-state index contributed by atoms with van der Waals surface area (Å²) in [6.07, 6.45) is 3.56. The number of pyridine rings is 2. The monoisotopic (exact) mass is 650 g/mol. The normalized spacial score (nSPS) is 10.8. The van der Waals surface area contributed by atoms with Crippen LogP contribution in [0.5, 0.6) is 0 Å². The van der Waals surface area contributed by atoms with E-state index in [2.05, 4.69) is 29.8 Å². The Labute approximate surface area is 251 Å². The molecule has 0 saturated carbocycles. The molecule has 9 heteroatoms. The maximum Gasteiger partial charge on any atom is 0.265 e. The van der Waals surface area contributed by atoms with Gasteiger partial charge in [0.25, 0.3) is 11.1 Å². The molecule has 0 aliphatic carbocycles. The molecule has 0 unspecified atom stereocenters. The molecule has 0 N–H and O–H groups in total. The quantitative estimate of drug-likeness (QED) is 0.209. The summed E-state index contributed by atoms with van der Waals surface area (Å²) in [6, 6.07) is 12.2. The van der Waals surface area contributed by atoms with Gasteiger partial charge < -0.3 is 9.13 Å². The van der Waals surface area contributed by atoms with Crippen molar-refractivity contribution in [2.24, 2.45) is 14.1 Å². The van der Waals surface area contributed by atoms with E-state index in [9.17, 15) is 18.4 Å². The SMILES string of the molecule is CCCc1cc(Br)c(=O)n(C)c1-c1ccc(F)cc1Cl.CCCc1cc(C)c(=O)n(C)c1-c1ccc(F)cc1Cl. The molecule has 0 radical (unpaired) electrons. The molecule has 0 aliphatic heterocycles. The number of rotatable bonds is 6. The molecule has 0 amide bonds. The van der Waals surface area contributed by atoms with Gasteiger partial charge in [-0.1, -0.05) is 49.9 Å². The van der Waals surface area contributed by atoms with Crippen molar-refractivity contribution in [1.82, 2.24) is 9.13 Å². The van der Waals surface area contributed by atoms with Crippen LogP contribution in [0, 0.1) is 18.6 Å². The second-order valence-electron chi connectivity index (χ2n) is 9.54. The van der Waals surface area contributed by atoms with Gasteiger partial charge in [0.2, 0.25) is 0 Å². The molecule has 2 heterocycles. The minimum Gasteiger partial charge on any atom is -0.311 e. The summed E-state index contributed by atoms with van der Waals surface area (Å²) in [6.45, 7) is 5.95. The lowest BCUT2D eigenvalue weighted by molar-refractivity contribution is 0.627. The number of halogens is 5. The fourth-order valence-corrected chi connectivity index (χ4v) is 5.78. The topological polar surface area (TPSA) is 44.0 Å². The van der Waals surface area contributed by atoms with Crippen LogP contribution in [0.2, 0.25) is 10.0 Å². The molecule has 0 spiro atoms. The Morgan fingerprint density at radius 3 is 1.57 bits per heavy atom. The predicted molar refractivity (Wildman–Crippen MR) is 165 cm³/mol. The van der Waals surface area contributed by atoms with Gasteiger partial charge in [-0.15, -0.1) is 0 Å². The van der Waals surface area contributed by atoms with Crippen LogP contribution in [0.1, 0.15) is 43.4 Å². The number of nitrogens with zero attached hydrogens (tertiary/aromatic N) is 2. The zero-order chi connectivity index (χ0) is 29.7. The van der Waals surface area contributed by atoms with E-state index >= 15 is 0 Å². The van der Waals surface area contributed by atoms with Crippen molar-refractivity contribution < 1.29 is 8.78 Å². The third kappa shape index (κ3) is 6.93. The van der Waals surface area contributed by atoms with Gasteiger partial charge >= 0.3 is 0 Å². The first-order valence-electron chi connectivity index (χ1n) is 12.9. The highest BCUT2D eigenvalue weighted by Crippen LogP contribution is 2.32. The number of hydrogen-bond donors (Lipinski definition) is 0. The largest absolute Gasteiger partial charge is 0.311 e. The summed E-state index contributed by atoms with van der Waals surface area (Å²) in [4.78, 5) is 24.2. The average molecular weight is 652 g/mol. The molecule has 0 atom stereocenters. The third-order valence-electron chi connectivity index (χ3n) is 6.53. The number of aryl methyl sites for hydroxylation is 3. The van der Waals surface area contributed by atoms with Gasteiger partial charge in [-0.2, -0.15) is 0 Å². The summed E-state index contributed by atoms with van der Waals surface area (Å²) in [5.41, 5.74) is 5.45. The average Bonchev–Trinajstić information content (AvgIpc) is 2.89. The molecule has 2 aromatic heterocycles. The summed E-state index contributed by atoms with van der Waals surface area (Å²) >= 11 is 15.6. The Bertz CT molecular complexity index is 1540. The standard InChI is InChI=1S/C16H17ClFNO.C15H14BrClFNO/c1-4-5-11-8-10(2)16(20)19(3)15(11)13-7-6-12(18)9-14(13)17;1-3-4-9-7-12(16)15(20)19(2)14(9)11-6-5-10(18)8-13(11)17/h6-9H,4-5H2,1-3H3;5-8H,3-4H2,1-2H3. The smallest absolute Gasteiger partial charge is 0.265 e. The molecule has 0 fully saturated rings. The summed E-state index contributed by atoms with van der Waals surface area (Å²) in [5, 5.41) is 0.626. The van der Waals surface area contributed by atoms with Gasteiger partial charge in [0.1, 0.15) is 11.6 Å². The first-order valence-corrected chi connectivity index (χ1v) is 14.4. The van der Waals surface area contributed by atoms with Crippen molar-refractivity contribution >= 4 is 39.1 Å². The molecule has 0 bridgehead atoms. The fourth-order valence-electron chi connectivity index (χ4n) is 4.72. The van der Waals surface area contributed by atoms with Crippen molar-refractivity contribution in [2.75, 3.05) is 0 Å². The molecule has 212 valence electrons. The lowest BCUT2D eigenvalue weighted by Gasteiger charge is -2.16. The van der Waals surface area contributed by atoms with Gasteiger partial charge in [0.05, 0.1) is 25.9 Å². The van der Waals surface area contributed by atoms with Crippen LogP contribution in [0.25, 0.3) is 22.5 Å². The number of benzene rings is 2. The van der Waals surface area contributed by atoms with E-state index in [1.54, 1.807) is 42.3 Å². The van der Waals surface area contributed by atoms with E-state index < -0.39 is 5.82 Å². The van der Waals surface area contributed by atoms with Crippen molar-refractivity contribution in [3.63, 3.8) is 0 Å². The lowest BCUT2D eigenvalue weighted by Crippen LogP contribution is -2.22. The van der Waals surface area contributed by atoms with Crippen LogP contribution in [0.15, 0.2) is 62.6 Å². The Kier molecular flexibility index (Phi) is 10.9. The Morgan fingerprint density at radius 2 is 1.15 bits per heavy atom. The molecule has 4 aromatic rings. The summed E-state index contributed by atoms with van der Waals surface area (Å²) < 4.78 is 30.1. The molecular weight excluding hydrogens is 621 g/mol. The minimum atomic E-state index is -0.391. The van der Waals surface area contributed by atoms with Crippen molar-refractivity contribution in [1.29, 1.82) is 0 Å². The van der Waals surface area contributed by atoms with Crippen LogP contribution in [0.4, 0.5) is 8.78 Å². The maximum absolute atomic E-state index is 13.2. The van der Waals surface area contributed by atoms with Crippen LogP contribution >= 0.6 is 39.1 Å². The maximum atomic E-state index is 13.2. The van der Waals surface area contributed by atoms with Gasteiger partial charge in [0.15, 0.2) is 0 Å². The second-order valence-corrected chi connectivity index (χ2v) is 11.2. The molecule has 2 aromatic carbocycles. The van der Waals surface area contributed by atoms with Crippen molar-refractivity contribution in [2.45, 2.75) is 46.5 Å². The Morgan fingerprint density at radius 1 is 0.725 bits per heavy atom. The molecule has 4 nitrogen and oxygen atoms in total. The van der Waals surface area contributed by atoms with Crippen molar-refractivity contribution in [3.05, 3.63) is 112 Å². The van der Waals surface area contributed by atoms with E-state index in [0.29, 0.717) is 31.2 Å². The molecular formula is C31H31BrCl2F2N2O2. The molecule has 0 saturated heterocycles. The molecule has 4 rings (SSSR count). The molecule has 0 aliphatic rings. The van der Waals surface area contributed by atoms with Crippen LogP contribution in [-0.2, 0) is 26.9 Å². The highest BCUT2D eigenvalue weighted by molar-refractivity contribution is 9.10. The van der Waals surface area contributed by atoms with Gasteiger partial charge in [0, 0.05) is 30.8 Å². The van der Waals surface area contributed by atoms with Crippen LogP contribution in [-0.4, -0.2) is 9.13 Å². The fraction of sp³-hybridized carbons (Fsp3) is 0.290. The van der Waals surface area contributed by atoms with E-state index in [4.69, 9.17) is 23.2 Å². The zero-order valence-electron chi connectivity index (χ0n) is 23.0. The van der Waals surface area contributed by atoms with E-state index in [1.807, 2.05) is 12.1 Å². The van der Waals surface area contributed by atoms with Crippen molar-refractivity contribution in [3.8, 4) is 22.5 Å². The van der Waals surface area contributed by atoms with Crippen LogP contribution in [0.3, 0.4) is 0 Å². The zero-order valence-corrected chi connectivity index (χ0v) is 26.1. The molecule has 40 heavy (non-hydrogen) atoms. The summed E-state index contributed by atoms with van der Waals surface area (Å²) in [5.74, 6) is -0.772. The van der Waals surface area contributed by atoms with Gasteiger partial charge in [-0.05, 0) is 95.4 Å². The highest BCUT2D eigenvalue weighted by atomic mass is 79.9. The first-order chi connectivity index (χ1) is 18.9. The van der Waals surface area contributed by atoms with E-state index in [0.717, 1.165) is 48.2 Å². The Balaban J connectivity index is 0.000000220. The third-order valence-corrected chi connectivity index (χ3v) is 7.73. The van der Waals surface area contributed by atoms with Crippen LogP contribution < -0.4 is 11.1 Å². The second kappa shape index (κ2) is 13.7. The predicted octanol–water partition coefficient (Wildman–Crippen LogP) is 8.67. The van der Waals surface area contributed by atoms with E-state index in [-0.39, 0.29) is 16.9 Å². The van der Waals surface area contributed by atoms with E-state index in [1.165, 1.54) is 24.3 Å². The van der Waals surface area contributed by atoms with Gasteiger partial charge in [-0.25, -0.2) is 8.78 Å². The summed E-state index contributed by atoms with van der Waals surface area (Å²) in [7, 11) is 3.42. The lowest BCUT2D eigenvalue weighted by atomic mass is 10.00.